The number of nitrogens with zero attached hydrogens (tertiary/aromatic N) is 1. The van der Waals surface area contributed by atoms with Crippen LogP contribution < -0.4 is 9.78 Å². The fourth-order valence-electron chi connectivity index (χ4n) is 1.73. The summed E-state index contributed by atoms with van der Waals surface area (Å²) in [5.41, 5.74) is -3.44. The van der Waals surface area contributed by atoms with Crippen molar-refractivity contribution in [2.24, 2.45) is 10.8 Å². The van der Waals surface area contributed by atoms with Gasteiger partial charge in [-0.1, -0.05) is 0 Å². The molecular formula is C20H25NO11. The van der Waals surface area contributed by atoms with Crippen molar-refractivity contribution >= 4 is 29.4 Å². The van der Waals surface area contributed by atoms with Gasteiger partial charge in [-0.2, -0.15) is 0 Å². The van der Waals surface area contributed by atoms with Gasteiger partial charge in [-0.15, -0.1) is 0 Å². The van der Waals surface area contributed by atoms with Crippen LogP contribution in [-0.4, -0.2) is 35.2 Å². The molecule has 1 rings (SSSR count). The molecule has 0 aliphatic rings. The van der Waals surface area contributed by atoms with E-state index in [0.717, 1.165) is 6.07 Å². The molecule has 1 aromatic carbocycles. The summed E-state index contributed by atoms with van der Waals surface area (Å²) >= 11 is 0. The molecule has 1 aromatic rings. The van der Waals surface area contributed by atoms with Gasteiger partial charge in [0.15, 0.2) is 0 Å². The van der Waals surface area contributed by atoms with E-state index in [0.29, 0.717) is 6.07 Å². The number of carbonyl (C=O) groups is 4. The van der Waals surface area contributed by atoms with Crippen LogP contribution >= 0.6 is 0 Å². The van der Waals surface area contributed by atoms with E-state index >= 15 is 0 Å². The number of hydrogen-bond acceptors (Lipinski definition) is 11. The molecule has 0 spiro atoms. The minimum atomic E-state index is -1.27. The Morgan fingerprint density at radius 2 is 1.41 bits per heavy atom. The van der Waals surface area contributed by atoms with Crippen molar-refractivity contribution in [1.82, 2.24) is 0 Å². The number of hydrogen-bond donors (Lipinski definition) is 0. The molecule has 0 aromatic heterocycles. The molecule has 0 bridgehead atoms. The molecule has 0 amide bonds. The number of carbonyl (C=O) groups excluding carboxylic acids is 4. The Labute approximate surface area is 183 Å². The zero-order valence-corrected chi connectivity index (χ0v) is 18.8. The van der Waals surface area contributed by atoms with Crippen molar-refractivity contribution in [3.63, 3.8) is 0 Å². The van der Waals surface area contributed by atoms with Gasteiger partial charge in [0.1, 0.15) is 0 Å². The van der Waals surface area contributed by atoms with Crippen molar-refractivity contribution < 1.29 is 48.4 Å². The number of benzene rings is 1. The van der Waals surface area contributed by atoms with E-state index in [1.807, 2.05) is 0 Å². The number of nitro benzene ring substituents is 1. The summed E-state index contributed by atoms with van der Waals surface area (Å²) in [5.74, 6) is -5.66. The molecule has 0 N–H and O–H groups in total. The van der Waals surface area contributed by atoms with E-state index in [9.17, 15) is 29.3 Å². The molecule has 0 atom stereocenters. The van der Waals surface area contributed by atoms with Crippen LogP contribution in [0.5, 0.6) is 11.5 Å². The molecule has 0 saturated carbocycles. The lowest BCUT2D eigenvalue weighted by atomic mass is 9.98. The number of rotatable bonds is 8. The van der Waals surface area contributed by atoms with E-state index in [-0.39, 0.29) is 6.61 Å². The predicted octanol–water partition coefficient (Wildman–Crippen LogP) is 3.11. The van der Waals surface area contributed by atoms with Crippen molar-refractivity contribution in [2.45, 2.75) is 48.5 Å². The minimum absolute atomic E-state index is 0.108. The van der Waals surface area contributed by atoms with Crippen molar-refractivity contribution in [2.75, 3.05) is 6.61 Å². The Hall–Kier alpha value is -3.70. The van der Waals surface area contributed by atoms with Crippen LogP contribution in [0.25, 0.3) is 0 Å². The number of esters is 1. The fraction of sp³-hybridized carbons (Fsp3) is 0.500. The molecule has 0 aliphatic heterocycles. The topological polar surface area (TPSA) is 158 Å². The Kier molecular flexibility index (Phi) is 8.29. The molecule has 12 heteroatoms. The van der Waals surface area contributed by atoms with Crippen LogP contribution in [0, 0.1) is 20.9 Å². The normalized spacial score (nSPS) is 11.2. The van der Waals surface area contributed by atoms with E-state index in [1.54, 1.807) is 0 Å². The van der Waals surface area contributed by atoms with Gasteiger partial charge >= 0.3 is 29.3 Å². The second-order valence-electron chi connectivity index (χ2n) is 8.54. The van der Waals surface area contributed by atoms with Gasteiger partial charge in [0.2, 0.25) is 5.75 Å². The van der Waals surface area contributed by atoms with E-state index in [2.05, 4.69) is 14.5 Å². The number of nitro groups is 1. The van der Waals surface area contributed by atoms with Crippen LogP contribution in [0.1, 0.15) is 58.8 Å². The first kappa shape index (κ1) is 26.3. The van der Waals surface area contributed by atoms with E-state index < -0.39 is 62.2 Å². The third kappa shape index (κ3) is 6.93. The summed E-state index contributed by atoms with van der Waals surface area (Å²) in [4.78, 5) is 77.8. The summed E-state index contributed by atoms with van der Waals surface area (Å²) in [7, 11) is 0. The molecular weight excluding hydrogens is 430 g/mol. The molecule has 176 valence electrons. The predicted molar refractivity (Wildman–Crippen MR) is 106 cm³/mol. The maximum atomic E-state index is 12.3. The molecule has 0 heterocycles. The van der Waals surface area contributed by atoms with Crippen molar-refractivity contribution in [3.05, 3.63) is 27.8 Å². The largest absolute Gasteiger partial charge is 0.460 e. The summed E-state index contributed by atoms with van der Waals surface area (Å²) in [6, 6.07) is 1.56. The quantitative estimate of drug-likeness (QED) is 0.142. The molecule has 12 nitrogen and oxygen atoms in total. The minimum Gasteiger partial charge on any atom is -0.460 e. The lowest BCUT2D eigenvalue weighted by Crippen LogP contribution is -2.26. The third-order valence-electron chi connectivity index (χ3n) is 3.59. The lowest BCUT2D eigenvalue weighted by molar-refractivity contribution is -0.388. The average Bonchev–Trinajstić information content (AvgIpc) is 2.67. The van der Waals surface area contributed by atoms with Gasteiger partial charge in [-0.25, -0.2) is 24.2 Å². The Balaban J connectivity index is 3.49. The molecule has 0 aliphatic carbocycles. The zero-order valence-electron chi connectivity index (χ0n) is 18.8. The summed E-state index contributed by atoms with van der Waals surface area (Å²) in [6.07, 6.45) is 0. The zero-order chi connectivity index (χ0) is 24.9. The van der Waals surface area contributed by atoms with E-state index in [4.69, 9.17) is 9.78 Å². The SMILES string of the molecule is CCOC(=O)C(=O)c1cc(OOC(=O)C(C)(C)C)c(OOC(=O)C(C)(C)C)c([N+](=O)[O-])c1. The summed E-state index contributed by atoms with van der Waals surface area (Å²) < 4.78 is 4.60. The van der Waals surface area contributed by atoms with Crippen LogP contribution in [0.4, 0.5) is 5.69 Å². The average molecular weight is 455 g/mol. The third-order valence-corrected chi connectivity index (χ3v) is 3.59. The Bertz CT molecular complexity index is 923. The number of ketones is 1. The number of Topliss-reactive ketones (excluding diaryl/α,β-unsaturated/α-hetero) is 1. The molecule has 0 radical (unpaired) electrons. The highest BCUT2D eigenvalue weighted by atomic mass is 17.2. The smallest absolute Gasteiger partial charge is 0.379 e. The van der Waals surface area contributed by atoms with Gasteiger partial charge in [0.25, 0.3) is 5.78 Å². The first-order valence-corrected chi connectivity index (χ1v) is 9.41. The van der Waals surface area contributed by atoms with Crippen molar-refractivity contribution in [3.8, 4) is 11.5 Å². The summed E-state index contributed by atoms with van der Waals surface area (Å²) in [6.45, 7) is 10.4. The second-order valence-corrected chi connectivity index (χ2v) is 8.54. The molecule has 0 unspecified atom stereocenters. The summed E-state index contributed by atoms with van der Waals surface area (Å²) in [5, 5.41) is 11.6. The first-order chi connectivity index (χ1) is 14.6. The fourth-order valence-corrected chi connectivity index (χ4v) is 1.73. The highest BCUT2D eigenvalue weighted by Gasteiger charge is 2.33. The highest BCUT2D eigenvalue weighted by molar-refractivity contribution is 6.40. The van der Waals surface area contributed by atoms with Gasteiger partial charge in [-0.3, -0.25) is 24.7 Å². The maximum Gasteiger partial charge on any atom is 0.379 e. The van der Waals surface area contributed by atoms with Crippen molar-refractivity contribution in [1.29, 1.82) is 0 Å². The lowest BCUT2D eigenvalue weighted by Gasteiger charge is -2.17. The highest BCUT2D eigenvalue weighted by Crippen LogP contribution is 2.39. The molecule has 32 heavy (non-hydrogen) atoms. The van der Waals surface area contributed by atoms with E-state index in [1.165, 1.54) is 48.5 Å². The molecule has 0 saturated heterocycles. The number of ether oxygens (including phenoxy) is 1. The van der Waals surface area contributed by atoms with Gasteiger partial charge in [0, 0.05) is 17.7 Å². The molecule has 0 fully saturated rings. The van der Waals surface area contributed by atoms with Crippen LogP contribution in [0.15, 0.2) is 12.1 Å². The van der Waals surface area contributed by atoms with Crippen LogP contribution in [-0.2, 0) is 28.9 Å². The monoisotopic (exact) mass is 455 g/mol. The Morgan fingerprint density at radius 1 is 0.906 bits per heavy atom. The first-order valence-electron chi connectivity index (χ1n) is 9.41. The van der Waals surface area contributed by atoms with Gasteiger partial charge in [-0.05, 0) is 48.5 Å². The standard InChI is InChI=1S/C20H25NO11/c1-8-28-16(23)14(22)11-9-12(21(26)27)15(30-32-18(25)20(5,6)7)13(10-11)29-31-17(24)19(2,3)4/h9-10H,8H2,1-7H3. The van der Waals surface area contributed by atoms with Gasteiger partial charge in [0.05, 0.1) is 22.4 Å². The second kappa shape index (κ2) is 10.1. The van der Waals surface area contributed by atoms with Crippen LogP contribution in [0.3, 0.4) is 0 Å². The maximum absolute atomic E-state index is 12.3. The Morgan fingerprint density at radius 3 is 1.84 bits per heavy atom. The van der Waals surface area contributed by atoms with Crippen LogP contribution in [0.2, 0.25) is 0 Å². The van der Waals surface area contributed by atoms with Gasteiger partial charge < -0.3 is 4.74 Å².